The van der Waals surface area contributed by atoms with E-state index < -0.39 is 0 Å². The Morgan fingerprint density at radius 3 is 2.32 bits per heavy atom. The summed E-state index contributed by atoms with van der Waals surface area (Å²) in [6, 6.07) is 14.9. The van der Waals surface area contributed by atoms with E-state index in [-0.39, 0.29) is 30.9 Å². The predicted octanol–water partition coefficient (Wildman–Crippen LogP) is 4.18. The van der Waals surface area contributed by atoms with Gasteiger partial charge in [-0.05, 0) is 56.1 Å². The molecule has 0 aliphatic rings. The van der Waals surface area contributed by atoms with Crippen LogP contribution in [0.25, 0.3) is 0 Å². The number of benzene rings is 2. The molecular weight excluding hydrogens is 374 g/mol. The molecule has 150 valence electrons. The highest BCUT2D eigenvalue weighted by molar-refractivity contribution is 6.30. The Bertz CT molecular complexity index is 793. The second-order valence-electron chi connectivity index (χ2n) is 6.91. The molecule has 0 bridgehead atoms. The molecular formula is C22H28ClN3O2. The zero-order valence-corrected chi connectivity index (χ0v) is 17.4. The molecule has 6 heteroatoms. The summed E-state index contributed by atoms with van der Waals surface area (Å²) >= 11 is 5.91. The van der Waals surface area contributed by atoms with Gasteiger partial charge in [-0.15, -0.1) is 0 Å². The quantitative estimate of drug-likeness (QED) is 0.662. The van der Waals surface area contributed by atoms with Gasteiger partial charge in [0.1, 0.15) is 0 Å². The molecule has 1 atom stereocenters. The Kier molecular flexibility index (Phi) is 8.48. The summed E-state index contributed by atoms with van der Waals surface area (Å²) in [7, 11) is 0. The summed E-state index contributed by atoms with van der Waals surface area (Å²) in [5, 5.41) is 6.56. The second kappa shape index (κ2) is 10.8. The van der Waals surface area contributed by atoms with E-state index in [0.717, 1.165) is 23.2 Å². The number of halogens is 1. The monoisotopic (exact) mass is 401 g/mol. The number of carbonyl (C=O) groups is 2. The van der Waals surface area contributed by atoms with Crippen LogP contribution in [0, 0.1) is 6.92 Å². The smallest absolute Gasteiger partial charge is 0.238 e. The average Bonchev–Trinajstić information content (AvgIpc) is 2.64. The molecule has 0 fully saturated rings. The van der Waals surface area contributed by atoms with E-state index >= 15 is 0 Å². The predicted molar refractivity (Wildman–Crippen MR) is 115 cm³/mol. The Morgan fingerprint density at radius 2 is 1.68 bits per heavy atom. The molecule has 0 heterocycles. The van der Waals surface area contributed by atoms with E-state index in [4.69, 9.17) is 11.6 Å². The fourth-order valence-electron chi connectivity index (χ4n) is 2.96. The van der Waals surface area contributed by atoms with E-state index in [1.54, 1.807) is 12.1 Å². The summed E-state index contributed by atoms with van der Waals surface area (Å²) < 4.78 is 0. The van der Waals surface area contributed by atoms with Gasteiger partial charge in [0, 0.05) is 10.7 Å². The largest absolute Gasteiger partial charge is 0.348 e. The van der Waals surface area contributed by atoms with Gasteiger partial charge in [0.15, 0.2) is 0 Å². The minimum atomic E-state index is -0.131. The van der Waals surface area contributed by atoms with E-state index in [1.807, 2.05) is 62.1 Å². The number of aryl methyl sites for hydroxylation is 1. The first-order valence-electron chi connectivity index (χ1n) is 9.51. The van der Waals surface area contributed by atoms with Crippen molar-refractivity contribution >= 4 is 29.1 Å². The summed E-state index contributed by atoms with van der Waals surface area (Å²) in [5.74, 6) is -0.235. The number of carbonyl (C=O) groups excluding carboxylic acids is 2. The van der Waals surface area contributed by atoms with Crippen molar-refractivity contribution in [1.82, 2.24) is 10.2 Å². The Morgan fingerprint density at radius 1 is 1.04 bits per heavy atom. The van der Waals surface area contributed by atoms with Gasteiger partial charge >= 0.3 is 0 Å². The molecule has 0 unspecified atom stereocenters. The van der Waals surface area contributed by atoms with Crippen molar-refractivity contribution < 1.29 is 9.59 Å². The van der Waals surface area contributed by atoms with Gasteiger partial charge in [-0.3, -0.25) is 14.5 Å². The van der Waals surface area contributed by atoms with Crippen LogP contribution in [0.15, 0.2) is 48.5 Å². The molecule has 2 aromatic carbocycles. The Hall–Kier alpha value is -2.37. The van der Waals surface area contributed by atoms with Crippen molar-refractivity contribution in [3.05, 3.63) is 64.7 Å². The number of hydrogen-bond donors (Lipinski definition) is 2. The van der Waals surface area contributed by atoms with Gasteiger partial charge in [-0.25, -0.2) is 0 Å². The maximum Gasteiger partial charge on any atom is 0.238 e. The third-order valence-corrected chi connectivity index (χ3v) is 4.69. The number of nitrogens with zero attached hydrogens (tertiary/aromatic N) is 1. The molecule has 5 nitrogen and oxygen atoms in total. The van der Waals surface area contributed by atoms with Gasteiger partial charge < -0.3 is 10.6 Å². The zero-order chi connectivity index (χ0) is 20.5. The average molecular weight is 402 g/mol. The van der Waals surface area contributed by atoms with E-state index in [0.29, 0.717) is 11.6 Å². The van der Waals surface area contributed by atoms with Crippen LogP contribution in [-0.2, 0) is 9.59 Å². The Balaban J connectivity index is 1.90. The number of nitrogens with one attached hydrogen (secondary N) is 2. The highest BCUT2D eigenvalue weighted by Gasteiger charge is 2.16. The summed E-state index contributed by atoms with van der Waals surface area (Å²) in [6.07, 6.45) is 0.859. The van der Waals surface area contributed by atoms with Crippen LogP contribution in [0.4, 0.5) is 5.69 Å². The lowest BCUT2D eigenvalue weighted by Gasteiger charge is -2.22. The summed E-state index contributed by atoms with van der Waals surface area (Å²) in [4.78, 5) is 26.7. The van der Waals surface area contributed by atoms with Crippen LogP contribution in [-0.4, -0.2) is 36.3 Å². The number of amides is 2. The van der Waals surface area contributed by atoms with Crippen molar-refractivity contribution in [2.75, 3.05) is 25.0 Å². The molecule has 28 heavy (non-hydrogen) atoms. The highest BCUT2D eigenvalue weighted by atomic mass is 35.5. The third-order valence-electron chi connectivity index (χ3n) is 4.44. The first-order valence-corrected chi connectivity index (χ1v) is 9.89. The molecule has 0 aromatic heterocycles. The molecule has 2 N–H and O–H groups in total. The van der Waals surface area contributed by atoms with E-state index in [9.17, 15) is 9.59 Å². The van der Waals surface area contributed by atoms with Crippen LogP contribution < -0.4 is 10.6 Å². The van der Waals surface area contributed by atoms with Crippen LogP contribution in [0.1, 0.15) is 37.4 Å². The topological polar surface area (TPSA) is 61.4 Å². The van der Waals surface area contributed by atoms with Gasteiger partial charge in [0.2, 0.25) is 11.8 Å². The highest BCUT2D eigenvalue weighted by Crippen LogP contribution is 2.16. The van der Waals surface area contributed by atoms with Crippen LogP contribution in [0.3, 0.4) is 0 Å². The number of anilines is 1. The number of rotatable bonds is 9. The molecule has 0 spiro atoms. The minimum Gasteiger partial charge on any atom is -0.348 e. The molecule has 0 saturated heterocycles. The molecule has 0 radical (unpaired) electrons. The van der Waals surface area contributed by atoms with Crippen molar-refractivity contribution in [1.29, 1.82) is 0 Å². The van der Waals surface area contributed by atoms with Crippen LogP contribution in [0.2, 0.25) is 5.02 Å². The fraction of sp³-hybridized carbons (Fsp3) is 0.364. The maximum absolute atomic E-state index is 12.5. The summed E-state index contributed by atoms with van der Waals surface area (Å²) in [5.41, 5.74) is 2.79. The number of hydrogen-bond acceptors (Lipinski definition) is 3. The molecule has 2 aromatic rings. The Labute approximate surface area is 172 Å². The first-order chi connectivity index (χ1) is 13.4. The van der Waals surface area contributed by atoms with Crippen LogP contribution >= 0.6 is 11.6 Å². The van der Waals surface area contributed by atoms with Gasteiger partial charge in [0.05, 0.1) is 19.1 Å². The normalized spacial score (nSPS) is 11.9. The van der Waals surface area contributed by atoms with E-state index in [2.05, 4.69) is 10.6 Å². The van der Waals surface area contributed by atoms with Gasteiger partial charge in [-0.2, -0.15) is 0 Å². The first kappa shape index (κ1) is 21.9. The van der Waals surface area contributed by atoms with Gasteiger partial charge in [-0.1, -0.05) is 48.9 Å². The molecule has 0 aliphatic carbocycles. The third kappa shape index (κ3) is 6.98. The lowest BCUT2D eigenvalue weighted by atomic mass is 10.1. The second-order valence-corrected chi connectivity index (χ2v) is 7.35. The van der Waals surface area contributed by atoms with Crippen molar-refractivity contribution in [2.24, 2.45) is 0 Å². The van der Waals surface area contributed by atoms with Gasteiger partial charge in [0.25, 0.3) is 0 Å². The van der Waals surface area contributed by atoms with E-state index in [1.165, 1.54) is 0 Å². The lowest BCUT2D eigenvalue weighted by Crippen LogP contribution is -2.42. The summed E-state index contributed by atoms with van der Waals surface area (Å²) in [6.45, 7) is 6.92. The SMILES string of the molecule is CCCN(CC(=O)Nc1ccccc1C)CC(=O)N[C@@H](C)c1ccc(Cl)cc1. The van der Waals surface area contributed by atoms with Crippen LogP contribution in [0.5, 0.6) is 0 Å². The fourth-order valence-corrected chi connectivity index (χ4v) is 3.09. The maximum atomic E-state index is 12.5. The lowest BCUT2D eigenvalue weighted by molar-refractivity contribution is -0.124. The van der Waals surface area contributed by atoms with Crippen molar-refractivity contribution in [3.63, 3.8) is 0 Å². The molecule has 2 rings (SSSR count). The minimum absolute atomic E-state index is 0.111. The molecule has 2 amide bonds. The zero-order valence-electron chi connectivity index (χ0n) is 16.7. The van der Waals surface area contributed by atoms with Crippen molar-refractivity contribution in [3.8, 4) is 0 Å². The standard InChI is InChI=1S/C22H28ClN3O2/c1-4-13-26(15-22(28)25-20-8-6-5-7-16(20)2)14-21(27)24-17(3)18-9-11-19(23)12-10-18/h5-12,17H,4,13-15H2,1-3H3,(H,24,27)(H,25,28)/t17-/m0/s1. The molecule has 0 aliphatic heterocycles. The molecule has 0 saturated carbocycles. The van der Waals surface area contributed by atoms with Crippen molar-refractivity contribution in [2.45, 2.75) is 33.2 Å². The number of para-hydroxylation sites is 1.